The molecule has 3 aromatic carbocycles. The Bertz CT molecular complexity index is 1490. The lowest BCUT2D eigenvalue weighted by atomic mass is 9.98. The van der Waals surface area contributed by atoms with Gasteiger partial charge in [0.25, 0.3) is 11.8 Å². The number of anilines is 1. The van der Waals surface area contributed by atoms with Crippen LogP contribution in [0.1, 0.15) is 51.4 Å². The Morgan fingerprint density at radius 1 is 0.951 bits per heavy atom. The molecule has 13 heteroatoms. The lowest BCUT2D eigenvalue weighted by Gasteiger charge is -2.20. The van der Waals surface area contributed by atoms with Crippen molar-refractivity contribution in [1.82, 2.24) is 5.32 Å². The highest BCUT2D eigenvalue weighted by atomic mass is 19.4. The van der Waals surface area contributed by atoms with Crippen molar-refractivity contribution in [2.45, 2.75) is 37.8 Å². The topological polar surface area (TPSA) is 87.7 Å². The Morgan fingerprint density at radius 2 is 1.66 bits per heavy atom. The molecule has 3 N–H and O–H groups in total. The standard InChI is InChI=1S/C28H23F7N2O4/c1-14-10-16(29)4-7-23(14)41-24-13-18(15-2-3-15)20(28(33,34)35)12-19(24)25(39)37-17-5-6-22(30)21(11-17)27(31,32)26(40)36-8-9-38/h4-7,10-13,15,38H,2-3,8-9H2,1H3,(H,36,40)(H,37,39). The predicted octanol–water partition coefficient (Wildman–Crippen LogP) is 6.41. The number of alkyl halides is 5. The molecule has 2 amide bonds. The molecule has 218 valence electrons. The highest BCUT2D eigenvalue weighted by molar-refractivity contribution is 6.06. The lowest BCUT2D eigenvalue weighted by Crippen LogP contribution is -2.40. The van der Waals surface area contributed by atoms with Crippen LogP contribution in [0.5, 0.6) is 11.5 Å². The van der Waals surface area contributed by atoms with E-state index in [2.05, 4.69) is 5.32 Å². The number of amides is 2. The second-order valence-electron chi connectivity index (χ2n) is 9.42. The number of hydrogen-bond donors (Lipinski definition) is 3. The van der Waals surface area contributed by atoms with Gasteiger partial charge in [0.05, 0.1) is 23.3 Å². The maximum Gasteiger partial charge on any atom is 0.416 e. The summed E-state index contributed by atoms with van der Waals surface area (Å²) in [5.74, 6) is -10.3. The fourth-order valence-corrected chi connectivity index (χ4v) is 4.13. The summed E-state index contributed by atoms with van der Waals surface area (Å²) in [6.07, 6.45) is -3.87. The van der Waals surface area contributed by atoms with E-state index in [-0.39, 0.29) is 22.6 Å². The molecule has 0 heterocycles. The maximum atomic E-state index is 14.6. The average molecular weight is 584 g/mol. The monoisotopic (exact) mass is 584 g/mol. The molecule has 0 atom stereocenters. The quantitative estimate of drug-likeness (QED) is 0.254. The van der Waals surface area contributed by atoms with E-state index in [1.54, 1.807) is 5.32 Å². The molecule has 3 aromatic rings. The molecule has 6 nitrogen and oxygen atoms in total. The summed E-state index contributed by atoms with van der Waals surface area (Å²) in [6.45, 7) is 0.309. The van der Waals surface area contributed by atoms with Gasteiger partial charge in [0.1, 0.15) is 23.1 Å². The van der Waals surface area contributed by atoms with E-state index in [0.717, 1.165) is 24.3 Å². The number of carbonyl (C=O) groups excluding carboxylic acids is 2. The van der Waals surface area contributed by atoms with Gasteiger partial charge in [-0.2, -0.15) is 22.0 Å². The van der Waals surface area contributed by atoms with Crippen LogP contribution in [0.2, 0.25) is 0 Å². The number of aliphatic hydroxyl groups is 1. The van der Waals surface area contributed by atoms with Crippen molar-refractivity contribution < 1.29 is 50.2 Å². The fraction of sp³-hybridized carbons (Fsp3) is 0.286. The minimum absolute atomic E-state index is 0.0551. The van der Waals surface area contributed by atoms with Crippen LogP contribution in [0.4, 0.5) is 36.4 Å². The van der Waals surface area contributed by atoms with Gasteiger partial charge in [-0.15, -0.1) is 0 Å². The summed E-state index contributed by atoms with van der Waals surface area (Å²) in [5.41, 5.74) is -3.38. The third kappa shape index (κ3) is 6.62. The number of nitrogens with one attached hydrogen (secondary N) is 2. The van der Waals surface area contributed by atoms with Gasteiger partial charge in [0, 0.05) is 12.2 Å². The van der Waals surface area contributed by atoms with Crippen molar-refractivity contribution >= 4 is 17.5 Å². The van der Waals surface area contributed by atoms with Crippen molar-refractivity contribution in [3.05, 3.63) is 88.0 Å². The number of benzene rings is 3. The van der Waals surface area contributed by atoms with E-state index in [4.69, 9.17) is 9.84 Å². The van der Waals surface area contributed by atoms with E-state index in [1.165, 1.54) is 13.0 Å². The van der Waals surface area contributed by atoms with Crippen LogP contribution >= 0.6 is 0 Å². The van der Waals surface area contributed by atoms with Gasteiger partial charge in [-0.3, -0.25) is 9.59 Å². The van der Waals surface area contributed by atoms with E-state index in [1.807, 2.05) is 0 Å². The molecule has 1 aliphatic rings. The maximum absolute atomic E-state index is 14.6. The van der Waals surface area contributed by atoms with Gasteiger partial charge in [0.2, 0.25) is 0 Å². The minimum Gasteiger partial charge on any atom is -0.456 e. The highest BCUT2D eigenvalue weighted by Gasteiger charge is 2.43. The van der Waals surface area contributed by atoms with Crippen LogP contribution in [0, 0.1) is 18.6 Å². The van der Waals surface area contributed by atoms with Crippen molar-refractivity contribution in [3.63, 3.8) is 0 Å². The normalized spacial score (nSPS) is 13.6. The number of hydrogen-bond acceptors (Lipinski definition) is 4. The molecule has 0 aromatic heterocycles. The van der Waals surface area contributed by atoms with Gasteiger partial charge in [-0.05, 0) is 85.3 Å². The number of carbonyl (C=O) groups is 2. The summed E-state index contributed by atoms with van der Waals surface area (Å²) >= 11 is 0. The second kappa shape index (κ2) is 11.4. The average Bonchev–Trinajstić information content (AvgIpc) is 3.74. The lowest BCUT2D eigenvalue weighted by molar-refractivity contribution is -0.147. The smallest absolute Gasteiger partial charge is 0.416 e. The predicted molar refractivity (Wildman–Crippen MR) is 133 cm³/mol. The molecule has 0 radical (unpaired) electrons. The molecule has 4 rings (SSSR count). The summed E-state index contributed by atoms with van der Waals surface area (Å²) in [7, 11) is 0. The van der Waals surface area contributed by atoms with Crippen molar-refractivity contribution in [2.24, 2.45) is 0 Å². The Morgan fingerprint density at radius 3 is 2.27 bits per heavy atom. The molecule has 0 saturated heterocycles. The van der Waals surface area contributed by atoms with E-state index >= 15 is 0 Å². The number of halogens is 7. The van der Waals surface area contributed by atoms with Crippen LogP contribution in [-0.2, 0) is 16.9 Å². The number of aliphatic hydroxyl groups excluding tert-OH is 1. The van der Waals surface area contributed by atoms with Gasteiger partial charge >= 0.3 is 12.1 Å². The van der Waals surface area contributed by atoms with E-state index in [0.29, 0.717) is 31.0 Å². The van der Waals surface area contributed by atoms with Crippen LogP contribution in [0.3, 0.4) is 0 Å². The Kier molecular flexibility index (Phi) is 8.29. The molecular formula is C28H23F7N2O4. The number of aryl methyl sites for hydroxylation is 1. The van der Waals surface area contributed by atoms with Crippen LogP contribution < -0.4 is 15.4 Å². The van der Waals surface area contributed by atoms with Crippen molar-refractivity contribution in [1.29, 1.82) is 0 Å². The largest absolute Gasteiger partial charge is 0.456 e. The summed E-state index contributed by atoms with van der Waals surface area (Å²) in [4.78, 5) is 25.1. The first-order valence-electron chi connectivity index (χ1n) is 12.3. The van der Waals surface area contributed by atoms with Gasteiger partial charge in [0.15, 0.2) is 0 Å². The van der Waals surface area contributed by atoms with Crippen LogP contribution in [0.15, 0.2) is 48.5 Å². The first kappa shape index (κ1) is 29.8. The zero-order valence-electron chi connectivity index (χ0n) is 21.3. The van der Waals surface area contributed by atoms with Crippen LogP contribution in [-0.4, -0.2) is 30.1 Å². The second-order valence-corrected chi connectivity index (χ2v) is 9.42. The Balaban J connectivity index is 1.74. The van der Waals surface area contributed by atoms with Crippen LogP contribution in [0.25, 0.3) is 0 Å². The molecule has 41 heavy (non-hydrogen) atoms. The molecule has 0 bridgehead atoms. The molecule has 1 aliphatic carbocycles. The zero-order valence-corrected chi connectivity index (χ0v) is 21.3. The molecular weight excluding hydrogens is 561 g/mol. The molecule has 0 spiro atoms. The molecule has 1 fully saturated rings. The molecule has 0 unspecified atom stereocenters. The SMILES string of the molecule is Cc1cc(F)ccc1Oc1cc(C2CC2)c(C(F)(F)F)cc1C(=O)Nc1ccc(F)c(C(F)(F)C(=O)NCCO)c1. The third-order valence-corrected chi connectivity index (χ3v) is 6.32. The van der Waals surface area contributed by atoms with E-state index < -0.39 is 77.0 Å². The summed E-state index contributed by atoms with van der Waals surface area (Å²) in [6, 6.07) is 6.98. The Hall–Kier alpha value is -4.13. The summed E-state index contributed by atoms with van der Waals surface area (Å²) in [5, 5.41) is 12.6. The fourth-order valence-electron chi connectivity index (χ4n) is 4.13. The Labute approximate surface area is 229 Å². The first-order chi connectivity index (χ1) is 19.2. The first-order valence-corrected chi connectivity index (χ1v) is 12.3. The highest BCUT2D eigenvalue weighted by Crippen LogP contribution is 2.48. The van der Waals surface area contributed by atoms with E-state index in [9.17, 15) is 40.3 Å². The van der Waals surface area contributed by atoms with Gasteiger partial charge in [-0.1, -0.05) is 0 Å². The van der Waals surface area contributed by atoms with Gasteiger partial charge in [-0.25, -0.2) is 8.78 Å². The zero-order chi connectivity index (χ0) is 30.1. The number of rotatable bonds is 9. The summed E-state index contributed by atoms with van der Waals surface area (Å²) < 4.78 is 105. The molecule has 0 aliphatic heterocycles. The third-order valence-electron chi connectivity index (χ3n) is 6.32. The van der Waals surface area contributed by atoms with Crippen molar-refractivity contribution in [3.8, 4) is 11.5 Å². The molecule has 1 saturated carbocycles. The van der Waals surface area contributed by atoms with Crippen molar-refractivity contribution in [2.75, 3.05) is 18.5 Å². The number of ether oxygens (including phenoxy) is 1. The van der Waals surface area contributed by atoms with Gasteiger partial charge < -0.3 is 20.5 Å². The minimum atomic E-state index is -4.84.